The molecule has 0 aromatic carbocycles. The zero-order valence-corrected chi connectivity index (χ0v) is 50.3. The maximum absolute atomic E-state index is 13.3. The minimum absolute atomic E-state index is 0.238. The van der Waals surface area contributed by atoms with Crippen molar-refractivity contribution < 1.29 is 64.6 Å². The summed E-state index contributed by atoms with van der Waals surface area (Å²) >= 11 is 0. The molecule has 1 amide bonds. The Kier molecular flexibility index (Phi) is 47.2. The van der Waals surface area contributed by atoms with Gasteiger partial charge in [0, 0.05) is 6.42 Å². The largest absolute Gasteiger partial charge is 0.394 e. The van der Waals surface area contributed by atoms with Crippen LogP contribution in [0.25, 0.3) is 0 Å². The highest BCUT2D eigenvalue weighted by molar-refractivity contribution is 5.76. The summed E-state index contributed by atoms with van der Waals surface area (Å²) in [6.07, 6.45) is 50.1. The SMILES string of the molecule is CC/C=C\C/C=C\C/C=C\C/C=C\CCCCCCCCCCCCCCCCCCCCCCCCC(=O)NC(COC1OC(CO)C(OC2OC(CO)C(O)C(O)C2O)C(O)C1O)C(O)/C=C/CCCCCCCCCCC. The van der Waals surface area contributed by atoms with Crippen LogP contribution in [-0.2, 0) is 23.7 Å². The zero-order valence-electron chi connectivity index (χ0n) is 50.3. The highest BCUT2D eigenvalue weighted by Gasteiger charge is 2.51. The molecule has 0 aliphatic carbocycles. The average molecular weight is 1130 g/mol. The molecule has 0 aromatic rings. The fourth-order valence-electron chi connectivity index (χ4n) is 10.5. The molecular formula is C66H119NO13. The number of rotatable bonds is 52. The molecule has 2 fully saturated rings. The van der Waals surface area contributed by atoms with Crippen molar-refractivity contribution in [2.75, 3.05) is 19.8 Å². The van der Waals surface area contributed by atoms with Crippen LogP contribution in [0.3, 0.4) is 0 Å². The second kappa shape index (κ2) is 51.1. The van der Waals surface area contributed by atoms with Gasteiger partial charge in [-0.25, -0.2) is 0 Å². The number of aliphatic hydroxyl groups is 8. The molecule has 466 valence electrons. The van der Waals surface area contributed by atoms with Gasteiger partial charge in [0.25, 0.3) is 0 Å². The lowest BCUT2D eigenvalue weighted by atomic mass is 9.97. The Morgan fingerprint density at radius 3 is 1.32 bits per heavy atom. The van der Waals surface area contributed by atoms with E-state index in [1.807, 2.05) is 6.08 Å². The number of carbonyl (C=O) groups is 1. The van der Waals surface area contributed by atoms with E-state index in [1.54, 1.807) is 6.08 Å². The predicted octanol–water partition coefficient (Wildman–Crippen LogP) is 12.1. The van der Waals surface area contributed by atoms with E-state index in [0.29, 0.717) is 6.42 Å². The molecule has 0 aromatic heterocycles. The zero-order chi connectivity index (χ0) is 58.1. The second-order valence-electron chi connectivity index (χ2n) is 22.9. The molecule has 14 heteroatoms. The van der Waals surface area contributed by atoms with Crippen molar-refractivity contribution in [1.29, 1.82) is 0 Å². The number of ether oxygens (including phenoxy) is 4. The Bertz CT molecular complexity index is 1570. The Balaban J connectivity index is 1.58. The van der Waals surface area contributed by atoms with Crippen molar-refractivity contribution in [1.82, 2.24) is 5.32 Å². The lowest BCUT2D eigenvalue weighted by molar-refractivity contribution is -0.359. The normalized spacial score (nSPS) is 24.6. The summed E-state index contributed by atoms with van der Waals surface area (Å²) in [5.74, 6) is -0.238. The molecule has 2 rings (SSSR count). The predicted molar refractivity (Wildman–Crippen MR) is 323 cm³/mol. The number of carbonyl (C=O) groups excluding carboxylic acids is 1. The van der Waals surface area contributed by atoms with Crippen LogP contribution in [0.2, 0.25) is 0 Å². The van der Waals surface area contributed by atoms with Crippen molar-refractivity contribution in [3.63, 3.8) is 0 Å². The van der Waals surface area contributed by atoms with Gasteiger partial charge in [0.1, 0.15) is 48.8 Å². The van der Waals surface area contributed by atoms with Crippen LogP contribution in [0, 0.1) is 0 Å². The Labute approximate surface area is 486 Å². The van der Waals surface area contributed by atoms with E-state index in [1.165, 1.54) is 167 Å². The molecular weight excluding hydrogens is 1010 g/mol. The van der Waals surface area contributed by atoms with Crippen LogP contribution in [0.1, 0.15) is 258 Å². The highest BCUT2D eigenvalue weighted by atomic mass is 16.7. The van der Waals surface area contributed by atoms with Crippen LogP contribution in [-0.4, -0.2) is 140 Å². The summed E-state index contributed by atoms with van der Waals surface area (Å²) in [5, 5.41) is 87.0. The molecule has 80 heavy (non-hydrogen) atoms. The molecule has 0 radical (unpaired) electrons. The van der Waals surface area contributed by atoms with E-state index in [9.17, 15) is 45.6 Å². The molecule has 12 atom stereocenters. The van der Waals surface area contributed by atoms with Gasteiger partial charge in [-0.3, -0.25) is 4.79 Å². The van der Waals surface area contributed by atoms with Gasteiger partial charge in [0.15, 0.2) is 12.6 Å². The van der Waals surface area contributed by atoms with Crippen molar-refractivity contribution in [2.45, 2.75) is 331 Å². The topological polar surface area (TPSA) is 228 Å². The smallest absolute Gasteiger partial charge is 0.220 e. The van der Waals surface area contributed by atoms with Gasteiger partial charge in [-0.2, -0.15) is 0 Å². The maximum Gasteiger partial charge on any atom is 0.220 e. The van der Waals surface area contributed by atoms with Crippen LogP contribution < -0.4 is 5.32 Å². The van der Waals surface area contributed by atoms with Crippen molar-refractivity contribution in [3.05, 3.63) is 60.8 Å². The number of aliphatic hydroxyl groups excluding tert-OH is 8. The Morgan fingerprint density at radius 1 is 0.463 bits per heavy atom. The number of hydrogen-bond acceptors (Lipinski definition) is 13. The molecule has 0 saturated carbocycles. The second-order valence-corrected chi connectivity index (χ2v) is 22.9. The summed E-state index contributed by atoms with van der Waals surface area (Å²) in [7, 11) is 0. The third-order valence-electron chi connectivity index (χ3n) is 15.7. The van der Waals surface area contributed by atoms with Gasteiger partial charge < -0.3 is 65.1 Å². The number of nitrogens with one attached hydrogen (secondary N) is 1. The lowest BCUT2D eigenvalue weighted by Gasteiger charge is -2.46. The molecule has 2 saturated heterocycles. The van der Waals surface area contributed by atoms with Gasteiger partial charge in [-0.05, 0) is 57.8 Å². The van der Waals surface area contributed by atoms with Crippen molar-refractivity contribution >= 4 is 5.91 Å². The molecule has 9 N–H and O–H groups in total. The molecule has 2 aliphatic rings. The molecule has 2 heterocycles. The van der Waals surface area contributed by atoms with E-state index >= 15 is 0 Å². The molecule has 14 nitrogen and oxygen atoms in total. The number of amides is 1. The van der Waals surface area contributed by atoms with Crippen molar-refractivity contribution in [2.24, 2.45) is 0 Å². The van der Waals surface area contributed by atoms with Crippen LogP contribution in [0.5, 0.6) is 0 Å². The van der Waals surface area contributed by atoms with E-state index < -0.39 is 86.8 Å². The summed E-state index contributed by atoms with van der Waals surface area (Å²) < 4.78 is 22.8. The summed E-state index contributed by atoms with van der Waals surface area (Å²) in [6, 6.07) is -0.913. The lowest BCUT2D eigenvalue weighted by Crippen LogP contribution is -2.65. The number of hydrogen-bond donors (Lipinski definition) is 9. The van der Waals surface area contributed by atoms with Gasteiger partial charge >= 0.3 is 0 Å². The highest BCUT2D eigenvalue weighted by Crippen LogP contribution is 2.30. The average Bonchev–Trinajstić information content (AvgIpc) is 3.46. The maximum atomic E-state index is 13.3. The first-order chi connectivity index (χ1) is 39.1. The Hall–Kier alpha value is -2.31. The van der Waals surface area contributed by atoms with E-state index in [0.717, 1.165) is 64.2 Å². The van der Waals surface area contributed by atoms with Gasteiger partial charge in [-0.1, -0.05) is 254 Å². The van der Waals surface area contributed by atoms with Crippen LogP contribution in [0.15, 0.2) is 60.8 Å². The Morgan fingerprint density at radius 2 is 0.863 bits per heavy atom. The minimum atomic E-state index is -1.79. The van der Waals surface area contributed by atoms with E-state index in [-0.39, 0.29) is 18.9 Å². The fraction of sp³-hybridized carbons (Fsp3) is 0.833. The third kappa shape index (κ3) is 35.7. The molecule has 12 unspecified atom stereocenters. The monoisotopic (exact) mass is 1130 g/mol. The first kappa shape index (κ1) is 73.8. The van der Waals surface area contributed by atoms with E-state index in [4.69, 9.17) is 18.9 Å². The van der Waals surface area contributed by atoms with Gasteiger partial charge in [-0.15, -0.1) is 0 Å². The van der Waals surface area contributed by atoms with Gasteiger partial charge in [0.05, 0.1) is 32.0 Å². The standard InChI is InChI=1S/C66H119NO13/c1-3-5-7-9-11-13-15-16-17-18-19-20-21-22-23-24-25-26-27-28-29-30-31-32-33-34-35-36-37-38-40-42-44-46-48-50-58(71)67-54(55(70)49-47-45-43-41-39-14-12-10-8-6-4-2)53-77-65-63(76)61(74)64(57(52-69)79-65)80-66-62(75)60(73)59(72)56(51-68)78-66/h5,7,11,13,16-17,19-20,47,49,54-57,59-66,68-70,72-76H,3-4,6,8-10,12,14-15,18,21-46,48,50-53H2,1-2H3,(H,67,71)/b7-5-,13-11-,17-16-,20-19-,49-47+. The first-order valence-corrected chi connectivity index (χ1v) is 32.5. The summed E-state index contributed by atoms with van der Waals surface area (Å²) in [6.45, 7) is 2.68. The number of unbranched alkanes of at least 4 members (excludes halogenated alkanes) is 31. The van der Waals surface area contributed by atoms with Gasteiger partial charge in [0.2, 0.25) is 5.91 Å². The third-order valence-corrected chi connectivity index (χ3v) is 15.7. The van der Waals surface area contributed by atoms with Crippen LogP contribution in [0.4, 0.5) is 0 Å². The molecule has 0 spiro atoms. The summed E-state index contributed by atoms with van der Waals surface area (Å²) in [5.41, 5.74) is 0. The minimum Gasteiger partial charge on any atom is -0.394 e. The fourth-order valence-corrected chi connectivity index (χ4v) is 10.5. The molecule has 2 aliphatic heterocycles. The first-order valence-electron chi connectivity index (χ1n) is 32.5. The molecule has 0 bridgehead atoms. The van der Waals surface area contributed by atoms with Crippen LogP contribution >= 0.6 is 0 Å². The summed E-state index contributed by atoms with van der Waals surface area (Å²) in [4.78, 5) is 13.3. The quantitative estimate of drug-likeness (QED) is 0.0204. The van der Waals surface area contributed by atoms with Crippen molar-refractivity contribution in [3.8, 4) is 0 Å². The number of allylic oxidation sites excluding steroid dienone is 9. The van der Waals surface area contributed by atoms with E-state index in [2.05, 4.69) is 67.8 Å².